The Morgan fingerprint density at radius 3 is 2.71 bits per heavy atom. The predicted molar refractivity (Wildman–Crippen MR) is 100 cm³/mol. The maximum absolute atomic E-state index is 12.5. The Labute approximate surface area is 146 Å². The van der Waals surface area contributed by atoms with E-state index >= 15 is 0 Å². The first kappa shape index (κ1) is 17.1. The summed E-state index contributed by atoms with van der Waals surface area (Å²) in [5.74, 6) is 1.18. The smallest absolute Gasteiger partial charge is 0.252 e. The normalized spacial score (nSPS) is 21.2. The second-order valence-electron chi connectivity index (χ2n) is 6.63. The highest BCUT2D eigenvalue weighted by Crippen LogP contribution is 2.24. The third-order valence-electron chi connectivity index (χ3n) is 4.79. The van der Waals surface area contributed by atoms with Gasteiger partial charge in [-0.15, -0.1) is 11.8 Å². The number of hydrogen-bond donors (Lipinski definition) is 1. The van der Waals surface area contributed by atoms with Crippen LogP contribution >= 0.6 is 11.8 Å². The third-order valence-corrected chi connectivity index (χ3v) is 5.76. The van der Waals surface area contributed by atoms with Crippen molar-refractivity contribution in [1.82, 2.24) is 9.88 Å². The van der Waals surface area contributed by atoms with Crippen molar-refractivity contribution in [2.75, 3.05) is 5.75 Å². The number of carbonyl (C=O) groups excluding carboxylic acids is 1. The second-order valence-corrected chi connectivity index (χ2v) is 7.62. The standard InChI is InChI=1S/C19H24N2O2S/c1-13-6-5-7-14(2)21(13)18(22)12-24-11-16-10-15-8-3-4-9-17(15)20-19(16)23/h3-4,8-10,13-14H,5-7,11-12H2,1-2H3,(H,20,23)/t13-,14+. The molecule has 0 spiro atoms. The number of piperidine rings is 1. The summed E-state index contributed by atoms with van der Waals surface area (Å²) in [6, 6.07) is 10.3. The maximum atomic E-state index is 12.5. The first-order chi connectivity index (χ1) is 11.6. The van der Waals surface area contributed by atoms with E-state index in [0.29, 0.717) is 23.6 Å². The Balaban J connectivity index is 1.63. The number of thioether (sulfide) groups is 1. The van der Waals surface area contributed by atoms with Crippen molar-refractivity contribution in [2.24, 2.45) is 0 Å². The van der Waals surface area contributed by atoms with Gasteiger partial charge in [0.05, 0.1) is 5.75 Å². The van der Waals surface area contributed by atoms with E-state index in [2.05, 4.69) is 18.8 Å². The highest BCUT2D eigenvalue weighted by Gasteiger charge is 2.28. The minimum absolute atomic E-state index is 0.0617. The van der Waals surface area contributed by atoms with Crippen molar-refractivity contribution in [3.63, 3.8) is 0 Å². The van der Waals surface area contributed by atoms with E-state index in [-0.39, 0.29) is 11.5 Å². The van der Waals surface area contributed by atoms with Gasteiger partial charge in [-0.3, -0.25) is 9.59 Å². The lowest BCUT2D eigenvalue weighted by Gasteiger charge is -2.39. The van der Waals surface area contributed by atoms with Gasteiger partial charge in [0.25, 0.3) is 5.56 Å². The molecule has 128 valence electrons. The van der Waals surface area contributed by atoms with E-state index in [9.17, 15) is 9.59 Å². The molecule has 1 aliphatic heterocycles. The van der Waals surface area contributed by atoms with Gasteiger partial charge < -0.3 is 9.88 Å². The summed E-state index contributed by atoms with van der Waals surface area (Å²) in [6.07, 6.45) is 3.38. The van der Waals surface area contributed by atoms with Crippen molar-refractivity contribution < 1.29 is 4.79 Å². The molecule has 1 N–H and O–H groups in total. The number of H-pyrrole nitrogens is 1. The highest BCUT2D eigenvalue weighted by atomic mass is 32.2. The van der Waals surface area contributed by atoms with Crippen molar-refractivity contribution >= 4 is 28.6 Å². The molecule has 0 radical (unpaired) electrons. The maximum Gasteiger partial charge on any atom is 0.252 e. The lowest BCUT2D eigenvalue weighted by atomic mass is 9.98. The topological polar surface area (TPSA) is 53.2 Å². The van der Waals surface area contributed by atoms with E-state index in [0.717, 1.165) is 29.3 Å². The summed E-state index contributed by atoms with van der Waals surface area (Å²) in [7, 11) is 0. The number of amides is 1. The van der Waals surface area contributed by atoms with Crippen LogP contribution in [0.1, 0.15) is 38.7 Å². The number of nitrogens with zero attached hydrogens (tertiary/aromatic N) is 1. The summed E-state index contributed by atoms with van der Waals surface area (Å²) in [4.78, 5) is 29.6. The fraction of sp³-hybridized carbons (Fsp3) is 0.474. The lowest BCUT2D eigenvalue weighted by molar-refractivity contribution is -0.134. The molecule has 0 aliphatic carbocycles. The number of pyridine rings is 1. The Hall–Kier alpha value is -1.75. The molecule has 1 aromatic carbocycles. The van der Waals surface area contributed by atoms with Gasteiger partial charge in [-0.1, -0.05) is 18.2 Å². The quantitative estimate of drug-likeness (QED) is 0.923. The van der Waals surface area contributed by atoms with Gasteiger partial charge >= 0.3 is 0 Å². The fourth-order valence-electron chi connectivity index (χ4n) is 3.54. The van der Waals surface area contributed by atoms with E-state index in [1.807, 2.05) is 35.2 Å². The zero-order valence-electron chi connectivity index (χ0n) is 14.2. The number of fused-ring (bicyclic) bond motifs is 1. The van der Waals surface area contributed by atoms with Crippen LogP contribution in [0.3, 0.4) is 0 Å². The van der Waals surface area contributed by atoms with Gasteiger partial charge in [0.15, 0.2) is 0 Å². The van der Waals surface area contributed by atoms with Gasteiger partial charge in [-0.05, 0) is 50.6 Å². The molecule has 1 aliphatic rings. The van der Waals surface area contributed by atoms with Crippen LogP contribution < -0.4 is 5.56 Å². The Bertz CT molecular complexity index is 776. The number of rotatable bonds is 4. The first-order valence-corrected chi connectivity index (χ1v) is 9.71. The van der Waals surface area contributed by atoms with E-state index in [1.165, 1.54) is 18.2 Å². The molecule has 0 bridgehead atoms. The van der Waals surface area contributed by atoms with Gasteiger partial charge in [0.2, 0.25) is 5.91 Å². The number of hydrogen-bond acceptors (Lipinski definition) is 3. The van der Waals surface area contributed by atoms with Crippen LogP contribution in [0, 0.1) is 0 Å². The van der Waals surface area contributed by atoms with Crippen molar-refractivity contribution in [3.8, 4) is 0 Å². The molecule has 2 atom stereocenters. The number of carbonyl (C=O) groups is 1. The number of nitrogens with one attached hydrogen (secondary N) is 1. The molecule has 2 aromatic rings. The van der Waals surface area contributed by atoms with Gasteiger partial charge in [-0.25, -0.2) is 0 Å². The van der Waals surface area contributed by atoms with Crippen LogP contribution in [0.2, 0.25) is 0 Å². The third kappa shape index (κ3) is 3.66. The Morgan fingerprint density at radius 2 is 1.96 bits per heavy atom. The molecular formula is C19H24N2O2S. The zero-order valence-corrected chi connectivity index (χ0v) is 15.1. The molecule has 1 amide bonds. The average molecular weight is 344 g/mol. The Kier molecular flexibility index (Phi) is 5.29. The van der Waals surface area contributed by atoms with Crippen LogP contribution in [0.25, 0.3) is 10.9 Å². The van der Waals surface area contributed by atoms with Crippen molar-refractivity contribution in [1.29, 1.82) is 0 Å². The van der Waals surface area contributed by atoms with Crippen LogP contribution in [0.5, 0.6) is 0 Å². The largest absolute Gasteiger partial charge is 0.337 e. The molecule has 0 unspecified atom stereocenters. The molecule has 1 aromatic heterocycles. The number of para-hydroxylation sites is 1. The molecule has 5 heteroatoms. The molecule has 2 heterocycles. The van der Waals surface area contributed by atoms with Crippen LogP contribution in [0.15, 0.2) is 35.1 Å². The molecule has 24 heavy (non-hydrogen) atoms. The average Bonchev–Trinajstić information content (AvgIpc) is 2.55. The van der Waals surface area contributed by atoms with Gasteiger partial charge in [0, 0.05) is 28.9 Å². The predicted octanol–water partition coefficient (Wildman–Crippen LogP) is 3.55. The highest BCUT2D eigenvalue weighted by molar-refractivity contribution is 7.99. The minimum Gasteiger partial charge on any atom is -0.337 e. The summed E-state index contributed by atoms with van der Waals surface area (Å²) in [6.45, 7) is 4.26. The molecule has 1 fully saturated rings. The van der Waals surface area contributed by atoms with Crippen LogP contribution in [0.4, 0.5) is 0 Å². The number of benzene rings is 1. The molecule has 4 nitrogen and oxygen atoms in total. The second kappa shape index (κ2) is 7.43. The monoisotopic (exact) mass is 344 g/mol. The van der Waals surface area contributed by atoms with Gasteiger partial charge in [-0.2, -0.15) is 0 Å². The number of aromatic amines is 1. The SMILES string of the molecule is C[C@@H]1CCC[C@H](C)N1C(=O)CSCc1cc2ccccc2[nH]c1=O. The van der Waals surface area contributed by atoms with E-state index < -0.39 is 0 Å². The van der Waals surface area contributed by atoms with E-state index in [1.54, 1.807) is 0 Å². The van der Waals surface area contributed by atoms with Gasteiger partial charge in [0.1, 0.15) is 0 Å². The molecule has 3 rings (SSSR count). The summed E-state index contributed by atoms with van der Waals surface area (Å²) >= 11 is 1.52. The van der Waals surface area contributed by atoms with Crippen molar-refractivity contribution in [3.05, 3.63) is 46.2 Å². The van der Waals surface area contributed by atoms with Crippen LogP contribution in [-0.4, -0.2) is 33.6 Å². The van der Waals surface area contributed by atoms with Crippen molar-refractivity contribution in [2.45, 2.75) is 50.9 Å². The summed E-state index contributed by atoms with van der Waals surface area (Å²) in [5.41, 5.74) is 1.52. The first-order valence-electron chi connectivity index (χ1n) is 8.56. The Morgan fingerprint density at radius 1 is 1.25 bits per heavy atom. The number of aromatic nitrogens is 1. The fourth-order valence-corrected chi connectivity index (χ4v) is 4.40. The minimum atomic E-state index is -0.0617. The molecule has 0 saturated carbocycles. The van der Waals surface area contributed by atoms with Crippen LogP contribution in [-0.2, 0) is 10.5 Å². The summed E-state index contributed by atoms with van der Waals surface area (Å²) in [5, 5.41) is 1.03. The zero-order chi connectivity index (χ0) is 17.1. The lowest BCUT2D eigenvalue weighted by Crippen LogP contribution is -2.48. The molecular weight excluding hydrogens is 320 g/mol. The summed E-state index contributed by atoms with van der Waals surface area (Å²) < 4.78 is 0. The number of likely N-dealkylation sites (tertiary alicyclic amines) is 1. The van der Waals surface area contributed by atoms with E-state index in [4.69, 9.17) is 0 Å². The molecule has 1 saturated heterocycles.